The second kappa shape index (κ2) is 8.20. The van der Waals surface area contributed by atoms with Crippen LogP contribution in [0.25, 0.3) is 0 Å². The van der Waals surface area contributed by atoms with E-state index in [1.165, 1.54) is 24.1 Å². The minimum absolute atomic E-state index is 0.717. The number of rotatable bonds is 4. The van der Waals surface area contributed by atoms with Crippen LogP contribution in [0.4, 0.5) is 5.69 Å². The molecule has 0 fully saturated rings. The standard InChI is InChI=1S/C13H21N.C2H6/c1-5-11(6-2)12-8-7-9-13(10-12)14(3)4;1-2/h7-11H,5-6H2,1-4H3;1-2H3. The molecule has 16 heavy (non-hydrogen) atoms. The van der Waals surface area contributed by atoms with Gasteiger partial charge in [0.15, 0.2) is 0 Å². The second-order valence-corrected chi connectivity index (χ2v) is 4.00. The maximum atomic E-state index is 2.30. The molecule has 1 heteroatoms. The van der Waals surface area contributed by atoms with Gasteiger partial charge in [0.2, 0.25) is 0 Å². The van der Waals surface area contributed by atoms with Crippen molar-refractivity contribution in [3.05, 3.63) is 29.8 Å². The highest BCUT2D eigenvalue weighted by Crippen LogP contribution is 2.25. The van der Waals surface area contributed by atoms with Gasteiger partial charge >= 0.3 is 0 Å². The van der Waals surface area contributed by atoms with E-state index in [0.717, 1.165) is 5.92 Å². The van der Waals surface area contributed by atoms with E-state index < -0.39 is 0 Å². The highest BCUT2D eigenvalue weighted by Gasteiger charge is 2.07. The fraction of sp³-hybridized carbons (Fsp3) is 0.600. The minimum Gasteiger partial charge on any atom is -0.378 e. The molecule has 0 spiro atoms. The Morgan fingerprint density at radius 2 is 1.62 bits per heavy atom. The van der Waals surface area contributed by atoms with E-state index in [1.807, 2.05) is 13.8 Å². The van der Waals surface area contributed by atoms with Gasteiger partial charge in [0.25, 0.3) is 0 Å². The van der Waals surface area contributed by atoms with Crippen molar-refractivity contribution in [3.63, 3.8) is 0 Å². The summed E-state index contributed by atoms with van der Waals surface area (Å²) in [6.45, 7) is 8.52. The van der Waals surface area contributed by atoms with E-state index in [0.29, 0.717) is 0 Å². The van der Waals surface area contributed by atoms with Gasteiger partial charge < -0.3 is 4.90 Å². The van der Waals surface area contributed by atoms with E-state index in [9.17, 15) is 0 Å². The van der Waals surface area contributed by atoms with Gasteiger partial charge in [0, 0.05) is 19.8 Å². The van der Waals surface area contributed by atoms with Crippen molar-refractivity contribution < 1.29 is 0 Å². The van der Waals surface area contributed by atoms with E-state index in [1.54, 1.807) is 0 Å². The van der Waals surface area contributed by atoms with Gasteiger partial charge in [-0.15, -0.1) is 0 Å². The topological polar surface area (TPSA) is 3.24 Å². The van der Waals surface area contributed by atoms with Crippen LogP contribution < -0.4 is 4.90 Å². The van der Waals surface area contributed by atoms with Crippen LogP contribution in [0.1, 0.15) is 52.0 Å². The lowest BCUT2D eigenvalue weighted by atomic mass is 9.94. The Kier molecular flexibility index (Phi) is 7.70. The molecule has 1 nitrogen and oxygen atoms in total. The fourth-order valence-corrected chi connectivity index (χ4v) is 1.82. The first kappa shape index (κ1) is 15.0. The summed E-state index contributed by atoms with van der Waals surface area (Å²) in [5.41, 5.74) is 2.77. The third-order valence-electron chi connectivity index (χ3n) is 2.84. The maximum absolute atomic E-state index is 2.30. The number of hydrogen-bond donors (Lipinski definition) is 0. The molecule has 0 saturated carbocycles. The molecule has 1 aromatic carbocycles. The first-order chi connectivity index (χ1) is 7.69. The molecule has 0 heterocycles. The average molecular weight is 221 g/mol. The molecule has 0 aromatic heterocycles. The number of hydrogen-bond acceptors (Lipinski definition) is 1. The molecule has 0 N–H and O–H groups in total. The van der Waals surface area contributed by atoms with Gasteiger partial charge in [0.1, 0.15) is 0 Å². The lowest BCUT2D eigenvalue weighted by Gasteiger charge is -2.17. The molecule has 0 bridgehead atoms. The third kappa shape index (κ3) is 4.26. The zero-order valence-electron chi connectivity index (χ0n) is 11.7. The summed E-state index contributed by atoms with van der Waals surface area (Å²) in [5, 5.41) is 0. The van der Waals surface area contributed by atoms with Crippen molar-refractivity contribution in [2.24, 2.45) is 0 Å². The number of anilines is 1. The van der Waals surface area contributed by atoms with Gasteiger partial charge in [-0.05, 0) is 36.5 Å². The third-order valence-corrected chi connectivity index (χ3v) is 2.84. The van der Waals surface area contributed by atoms with Crippen LogP contribution in [0.15, 0.2) is 24.3 Å². The first-order valence-electron chi connectivity index (χ1n) is 6.46. The molecule has 0 aliphatic heterocycles. The van der Waals surface area contributed by atoms with Gasteiger partial charge in [-0.3, -0.25) is 0 Å². The van der Waals surface area contributed by atoms with E-state index >= 15 is 0 Å². The highest BCUT2D eigenvalue weighted by atomic mass is 15.1. The van der Waals surface area contributed by atoms with Crippen LogP contribution in [-0.2, 0) is 0 Å². The molecular weight excluding hydrogens is 194 g/mol. The minimum atomic E-state index is 0.717. The van der Waals surface area contributed by atoms with Crippen molar-refractivity contribution in [3.8, 4) is 0 Å². The summed E-state index contributed by atoms with van der Waals surface area (Å²) in [4.78, 5) is 2.16. The van der Waals surface area contributed by atoms with Crippen LogP contribution in [0.3, 0.4) is 0 Å². The van der Waals surface area contributed by atoms with Crippen molar-refractivity contribution in [1.29, 1.82) is 0 Å². The molecule has 0 amide bonds. The summed E-state index contributed by atoms with van der Waals surface area (Å²) in [6, 6.07) is 8.86. The van der Waals surface area contributed by atoms with Crippen molar-refractivity contribution in [2.75, 3.05) is 19.0 Å². The highest BCUT2D eigenvalue weighted by molar-refractivity contribution is 5.47. The molecule has 1 aromatic rings. The Hall–Kier alpha value is -0.980. The monoisotopic (exact) mass is 221 g/mol. The lowest BCUT2D eigenvalue weighted by Crippen LogP contribution is -2.09. The summed E-state index contributed by atoms with van der Waals surface area (Å²) < 4.78 is 0. The molecule has 92 valence electrons. The molecule has 0 aliphatic rings. The predicted octanol–water partition coefficient (Wildman–Crippen LogP) is 4.68. The Morgan fingerprint density at radius 3 is 2.06 bits per heavy atom. The summed E-state index contributed by atoms with van der Waals surface area (Å²) in [6.07, 6.45) is 2.46. The number of benzene rings is 1. The maximum Gasteiger partial charge on any atom is 0.0363 e. The molecule has 0 saturated heterocycles. The zero-order chi connectivity index (χ0) is 12.6. The second-order valence-electron chi connectivity index (χ2n) is 4.00. The van der Waals surface area contributed by atoms with E-state index in [2.05, 4.69) is 57.1 Å². The molecule has 0 aliphatic carbocycles. The summed E-state index contributed by atoms with van der Waals surface area (Å²) in [5.74, 6) is 0.717. The summed E-state index contributed by atoms with van der Waals surface area (Å²) >= 11 is 0. The summed E-state index contributed by atoms with van der Waals surface area (Å²) in [7, 11) is 4.18. The Balaban J connectivity index is 0.00000106. The van der Waals surface area contributed by atoms with Gasteiger partial charge in [0.05, 0.1) is 0 Å². The van der Waals surface area contributed by atoms with Crippen molar-refractivity contribution >= 4 is 5.69 Å². The van der Waals surface area contributed by atoms with Crippen molar-refractivity contribution in [2.45, 2.75) is 46.5 Å². The van der Waals surface area contributed by atoms with Gasteiger partial charge in [-0.2, -0.15) is 0 Å². The van der Waals surface area contributed by atoms with Crippen LogP contribution >= 0.6 is 0 Å². The Labute approximate surface area is 101 Å². The average Bonchev–Trinajstić information content (AvgIpc) is 2.33. The normalized spacial score (nSPS) is 9.69. The van der Waals surface area contributed by atoms with E-state index in [4.69, 9.17) is 0 Å². The fourth-order valence-electron chi connectivity index (χ4n) is 1.82. The smallest absolute Gasteiger partial charge is 0.0363 e. The molecular formula is C15H27N. The molecule has 0 atom stereocenters. The van der Waals surface area contributed by atoms with Gasteiger partial charge in [-0.25, -0.2) is 0 Å². The zero-order valence-corrected chi connectivity index (χ0v) is 11.7. The predicted molar refractivity (Wildman–Crippen MR) is 75.4 cm³/mol. The largest absolute Gasteiger partial charge is 0.378 e. The lowest BCUT2D eigenvalue weighted by molar-refractivity contribution is 0.642. The quantitative estimate of drug-likeness (QED) is 0.713. The number of nitrogens with zero attached hydrogens (tertiary/aromatic N) is 1. The van der Waals surface area contributed by atoms with Crippen LogP contribution in [0.5, 0.6) is 0 Å². The Bertz CT molecular complexity index is 275. The van der Waals surface area contributed by atoms with Gasteiger partial charge in [-0.1, -0.05) is 39.8 Å². The van der Waals surface area contributed by atoms with Crippen molar-refractivity contribution in [1.82, 2.24) is 0 Å². The van der Waals surface area contributed by atoms with E-state index in [-0.39, 0.29) is 0 Å². The Morgan fingerprint density at radius 1 is 1.06 bits per heavy atom. The van der Waals surface area contributed by atoms with Crippen LogP contribution in [-0.4, -0.2) is 14.1 Å². The molecule has 1 rings (SSSR count). The first-order valence-corrected chi connectivity index (χ1v) is 6.46. The molecule has 0 unspecified atom stereocenters. The van der Waals surface area contributed by atoms with Crippen LogP contribution in [0, 0.1) is 0 Å². The van der Waals surface area contributed by atoms with Crippen LogP contribution in [0.2, 0.25) is 0 Å². The SMILES string of the molecule is CC.CCC(CC)c1cccc(N(C)C)c1. The molecule has 0 radical (unpaired) electrons.